The lowest BCUT2D eigenvalue weighted by Crippen LogP contribution is -2.19. The molecule has 0 atom stereocenters. The Morgan fingerprint density at radius 1 is 1.50 bits per heavy atom. The number of terminal acetylenes is 1. The summed E-state index contributed by atoms with van der Waals surface area (Å²) in [7, 11) is 0. The van der Waals surface area contributed by atoms with Gasteiger partial charge in [-0.15, -0.1) is 6.42 Å². The third-order valence-electron chi connectivity index (χ3n) is 1.17. The van der Waals surface area contributed by atoms with Crippen molar-refractivity contribution in [3.63, 3.8) is 0 Å². The third kappa shape index (κ3) is 4.40. The minimum absolute atomic E-state index is 0.121. The summed E-state index contributed by atoms with van der Waals surface area (Å²) in [6, 6.07) is 0. The van der Waals surface area contributed by atoms with Gasteiger partial charge in [-0.2, -0.15) is 0 Å². The normalized spacial score (nSPS) is 11.6. The molecule has 1 heteroatoms. The van der Waals surface area contributed by atoms with E-state index in [1.807, 2.05) is 27.7 Å². The summed E-state index contributed by atoms with van der Waals surface area (Å²) < 4.78 is 5.36. The van der Waals surface area contributed by atoms with Gasteiger partial charge in [0.25, 0.3) is 0 Å². The molecule has 0 spiro atoms. The van der Waals surface area contributed by atoms with Gasteiger partial charge in [0, 0.05) is 5.41 Å². The van der Waals surface area contributed by atoms with Gasteiger partial charge in [0.15, 0.2) is 0 Å². The molecule has 0 aromatic carbocycles. The van der Waals surface area contributed by atoms with Crippen LogP contribution in [0.25, 0.3) is 0 Å². The second kappa shape index (κ2) is 3.63. The van der Waals surface area contributed by atoms with Crippen LogP contribution in [0.2, 0.25) is 0 Å². The van der Waals surface area contributed by atoms with E-state index in [1.165, 1.54) is 0 Å². The zero-order chi connectivity index (χ0) is 8.20. The van der Waals surface area contributed by atoms with Gasteiger partial charge in [0.05, 0.1) is 12.7 Å². The van der Waals surface area contributed by atoms with Crippen molar-refractivity contribution in [3.8, 4) is 12.3 Å². The van der Waals surface area contributed by atoms with E-state index in [9.17, 15) is 0 Å². The molecule has 0 N–H and O–H groups in total. The highest BCUT2D eigenvalue weighted by Crippen LogP contribution is 2.13. The van der Waals surface area contributed by atoms with Crippen LogP contribution in [0.5, 0.6) is 0 Å². The van der Waals surface area contributed by atoms with Gasteiger partial charge in [0.1, 0.15) is 0 Å². The van der Waals surface area contributed by atoms with Gasteiger partial charge in [-0.1, -0.05) is 5.92 Å². The second-order valence-corrected chi connectivity index (χ2v) is 3.39. The largest absolute Gasteiger partial charge is 0.377 e. The molecule has 0 fully saturated rings. The molecule has 0 bridgehead atoms. The van der Waals surface area contributed by atoms with Crippen molar-refractivity contribution < 1.29 is 4.74 Å². The van der Waals surface area contributed by atoms with Crippen LogP contribution in [0, 0.1) is 17.8 Å². The first-order valence-corrected chi connectivity index (χ1v) is 3.57. The number of ether oxygens (including phenoxy) is 1. The topological polar surface area (TPSA) is 9.23 Å². The summed E-state index contributed by atoms with van der Waals surface area (Å²) in [5.41, 5.74) is -0.121. The monoisotopic (exact) mass is 140 g/mol. The molecule has 0 saturated carbocycles. The Balaban J connectivity index is 3.60. The maximum Gasteiger partial charge on any atom is 0.0630 e. The number of hydrogen-bond acceptors (Lipinski definition) is 1. The summed E-state index contributed by atoms with van der Waals surface area (Å²) in [5.74, 6) is 2.67. The van der Waals surface area contributed by atoms with Crippen molar-refractivity contribution in [2.45, 2.75) is 33.8 Å². The van der Waals surface area contributed by atoms with E-state index >= 15 is 0 Å². The minimum Gasteiger partial charge on any atom is -0.377 e. The van der Waals surface area contributed by atoms with E-state index in [-0.39, 0.29) is 11.5 Å². The molecule has 10 heavy (non-hydrogen) atoms. The van der Waals surface area contributed by atoms with Crippen LogP contribution >= 0.6 is 0 Å². The Labute approximate surface area is 63.8 Å². The summed E-state index contributed by atoms with van der Waals surface area (Å²) in [6.45, 7) is 8.64. The number of hydrogen-bond donors (Lipinski definition) is 0. The molecule has 0 aliphatic rings. The molecule has 0 aliphatic carbocycles. The van der Waals surface area contributed by atoms with Crippen molar-refractivity contribution in [1.29, 1.82) is 0 Å². The van der Waals surface area contributed by atoms with Crippen LogP contribution in [0.1, 0.15) is 27.7 Å². The summed E-state index contributed by atoms with van der Waals surface area (Å²) in [6.07, 6.45) is 5.53. The van der Waals surface area contributed by atoms with Crippen molar-refractivity contribution in [1.82, 2.24) is 0 Å². The van der Waals surface area contributed by atoms with E-state index in [0.29, 0.717) is 6.61 Å². The van der Waals surface area contributed by atoms with Gasteiger partial charge in [-0.05, 0) is 27.7 Å². The van der Waals surface area contributed by atoms with Crippen LogP contribution in [-0.4, -0.2) is 12.7 Å². The predicted molar refractivity (Wildman–Crippen MR) is 43.7 cm³/mol. The fraction of sp³-hybridized carbons (Fsp3) is 0.778. The lowest BCUT2D eigenvalue weighted by Gasteiger charge is -2.18. The molecular weight excluding hydrogens is 124 g/mol. The smallest absolute Gasteiger partial charge is 0.0630 e. The predicted octanol–water partition coefficient (Wildman–Crippen LogP) is 2.07. The summed E-state index contributed by atoms with van der Waals surface area (Å²) in [5, 5.41) is 0. The summed E-state index contributed by atoms with van der Waals surface area (Å²) in [4.78, 5) is 0. The van der Waals surface area contributed by atoms with Crippen LogP contribution in [0.3, 0.4) is 0 Å². The first-order valence-electron chi connectivity index (χ1n) is 3.57. The Kier molecular flexibility index (Phi) is 3.46. The van der Waals surface area contributed by atoms with Gasteiger partial charge >= 0.3 is 0 Å². The molecular formula is C9H16O. The lowest BCUT2D eigenvalue weighted by molar-refractivity contribution is 0.0412. The molecule has 1 nitrogen and oxygen atoms in total. The molecule has 0 rings (SSSR count). The quantitative estimate of drug-likeness (QED) is 0.545. The highest BCUT2D eigenvalue weighted by atomic mass is 16.5. The van der Waals surface area contributed by atoms with Crippen molar-refractivity contribution >= 4 is 0 Å². The highest BCUT2D eigenvalue weighted by molar-refractivity contribution is 5.00. The first-order chi connectivity index (χ1) is 4.48. The molecule has 0 aromatic heterocycles. The standard InChI is InChI=1S/C9H16O/c1-6-9(4,5)7-10-8(2)3/h1,8H,7H2,2-5H3. The second-order valence-electron chi connectivity index (χ2n) is 3.39. The maximum absolute atomic E-state index is 5.36. The Bertz CT molecular complexity index is 128. The van der Waals surface area contributed by atoms with Crippen molar-refractivity contribution in [3.05, 3.63) is 0 Å². The molecule has 0 heterocycles. The van der Waals surface area contributed by atoms with E-state index < -0.39 is 0 Å². The average Bonchev–Trinajstić information content (AvgIpc) is 1.85. The van der Waals surface area contributed by atoms with Crippen LogP contribution in [0.15, 0.2) is 0 Å². The Morgan fingerprint density at radius 2 is 2.00 bits per heavy atom. The Morgan fingerprint density at radius 3 is 2.30 bits per heavy atom. The minimum atomic E-state index is -0.121. The van der Waals surface area contributed by atoms with Gasteiger partial charge < -0.3 is 4.74 Å². The van der Waals surface area contributed by atoms with Crippen LogP contribution in [0.4, 0.5) is 0 Å². The maximum atomic E-state index is 5.36. The van der Waals surface area contributed by atoms with Gasteiger partial charge in [0.2, 0.25) is 0 Å². The highest BCUT2D eigenvalue weighted by Gasteiger charge is 2.14. The molecule has 0 unspecified atom stereocenters. The van der Waals surface area contributed by atoms with E-state index in [1.54, 1.807) is 0 Å². The third-order valence-corrected chi connectivity index (χ3v) is 1.17. The van der Waals surface area contributed by atoms with Gasteiger partial charge in [-0.25, -0.2) is 0 Å². The first kappa shape index (κ1) is 9.52. The zero-order valence-electron chi connectivity index (χ0n) is 7.27. The molecule has 0 radical (unpaired) electrons. The number of rotatable bonds is 3. The van der Waals surface area contributed by atoms with Crippen molar-refractivity contribution in [2.24, 2.45) is 5.41 Å². The summed E-state index contributed by atoms with van der Waals surface area (Å²) >= 11 is 0. The fourth-order valence-corrected chi connectivity index (χ4v) is 0.417. The van der Waals surface area contributed by atoms with E-state index in [0.717, 1.165) is 0 Å². The van der Waals surface area contributed by atoms with E-state index in [2.05, 4.69) is 5.92 Å². The van der Waals surface area contributed by atoms with Gasteiger partial charge in [-0.3, -0.25) is 0 Å². The Hall–Kier alpha value is -0.480. The van der Waals surface area contributed by atoms with E-state index in [4.69, 9.17) is 11.2 Å². The fourth-order valence-electron chi connectivity index (χ4n) is 0.417. The molecule has 58 valence electrons. The molecule has 0 aliphatic heterocycles. The van der Waals surface area contributed by atoms with Crippen LogP contribution < -0.4 is 0 Å². The lowest BCUT2D eigenvalue weighted by atomic mass is 9.96. The molecule has 0 amide bonds. The molecule has 0 aromatic rings. The van der Waals surface area contributed by atoms with Crippen molar-refractivity contribution in [2.75, 3.05) is 6.61 Å². The zero-order valence-corrected chi connectivity index (χ0v) is 7.27. The molecule has 0 saturated heterocycles. The average molecular weight is 140 g/mol. The SMILES string of the molecule is C#CC(C)(C)COC(C)C. The van der Waals surface area contributed by atoms with Crippen LogP contribution in [-0.2, 0) is 4.74 Å².